The summed E-state index contributed by atoms with van der Waals surface area (Å²) in [5.74, 6) is 0.791. The quantitative estimate of drug-likeness (QED) is 0.894. The Morgan fingerprint density at radius 2 is 2.16 bits per heavy atom. The second-order valence-electron chi connectivity index (χ2n) is 4.87. The van der Waals surface area contributed by atoms with Gasteiger partial charge in [0.05, 0.1) is 19.0 Å². The molecule has 0 atom stereocenters. The van der Waals surface area contributed by atoms with Crippen LogP contribution in [0.4, 0.5) is 0 Å². The standard InChI is InChI=1S/C14H20N4O/c1-10(2)15-8-12-9-18(17-16-12)13-7-11(3)5-6-14(13)19-4/h5-7,9-10,15H,8H2,1-4H3. The van der Waals surface area contributed by atoms with Crippen LogP contribution in [0.3, 0.4) is 0 Å². The van der Waals surface area contributed by atoms with Crippen LogP contribution in [-0.2, 0) is 6.54 Å². The Labute approximate surface area is 113 Å². The normalized spacial score (nSPS) is 11.0. The lowest BCUT2D eigenvalue weighted by atomic mass is 10.2. The molecule has 0 spiro atoms. The van der Waals surface area contributed by atoms with Gasteiger partial charge in [0.25, 0.3) is 0 Å². The Morgan fingerprint density at radius 1 is 1.37 bits per heavy atom. The fourth-order valence-electron chi connectivity index (χ4n) is 1.78. The molecule has 1 aromatic carbocycles. The molecule has 0 unspecified atom stereocenters. The molecule has 0 aliphatic heterocycles. The van der Waals surface area contributed by atoms with Crippen molar-refractivity contribution in [2.45, 2.75) is 33.4 Å². The van der Waals surface area contributed by atoms with Gasteiger partial charge in [-0.25, -0.2) is 4.68 Å². The van der Waals surface area contributed by atoms with Crippen LogP contribution in [0.2, 0.25) is 0 Å². The maximum atomic E-state index is 5.36. The molecule has 2 rings (SSSR count). The first kappa shape index (κ1) is 13.5. The van der Waals surface area contributed by atoms with Crippen LogP contribution in [-0.4, -0.2) is 28.1 Å². The van der Waals surface area contributed by atoms with Crippen molar-refractivity contribution in [1.29, 1.82) is 0 Å². The van der Waals surface area contributed by atoms with Crippen molar-refractivity contribution in [3.05, 3.63) is 35.7 Å². The molecule has 19 heavy (non-hydrogen) atoms. The summed E-state index contributed by atoms with van der Waals surface area (Å²) in [4.78, 5) is 0. The number of aryl methyl sites for hydroxylation is 1. The molecule has 0 aliphatic carbocycles. The van der Waals surface area contributed by atoms with Crippen LogP contribution in [0.5, 0.6) is 5.75 Å². The molecule has 2 aromatic rings. The summed E-state index contributed by atoms with van der Waals surface area (Å²) in [6.07, 6.45) is 1.92. The van der Waals surface area contributed by atoms with Crippen LogP contribution < -0.4 is 10.1 Å². The fourth-order valence-corrected chi connectivity index (χ4v) is 1.78. The second-order valence-corrected chi connectivity index (χ2v) is 4.87. The summed E-state index contributed by atoms with van der Waals surface area (Å²) in [7, 11) is 1.66. The first-order valence-corrected chi connectivity index (χ1v) is 6.39. The van der Waals surface area contributed by atoms with E-state index in [0.29, 0.717) is 12.6 Å². The zero-order valence-electron chi connectivity index (χ0n) is 11.8. The van der Waals surface area contributed by atoms with Gasteiger partial charge >= 0.3 is 0 Å². The number of ether oxygens (including phenoxy) is 1. The Hall–Kier alpha value is -1.88. The Kier molecular flexibility index (Phi) is 4.16. The molecule has 5 heteroatoms. The molecule has 5 nitrogen and oxygen atoms in total. The maximum absolute atomic E-state index is 5.36. The number of nitrogens with one attached hydrogen (secondary N) is 1. The van der Waals surface area contributed by atoms with Crippen molar-refractivity contribution in [2.24, 2.45) is 0 Å². The average Bonchev–Trinajstić information content (AvgIpc) is 2.85. The van der Waals surface area contributed by atoms with Crippen molar-refractivity contribution in [3.63, 3.8) is 0 Å². The number of rotatable bonds is 5. The third kappa shape index (κ3) is 3.32. The van der Waals surface area contributed by atoms with E-state index in [9.17, 15) is 0 Å². The Balaban J connectivity index is 2.24. The average molecular weight is 260 g/mol. The summed E-state index contributed by atoms with van der Waals surface area (Å²) in [6, 6.07) is 6.42. The highest BCUT2D eigenvalue weighted by Gasteiger charge is 2.08. The molecule has 0 amide bonds. The van der Waals surface area contributed by atoms with E-state index in [0.717, 1.165) is 22.7 Å². The van der Waals surface area contributed by atoms with Crippen molar-refractivity contribution in [1.82, 2.24) is 20.3 Å². The van der Waals surface area contributed by atoms with E-state index < -0.39 is 0 Å². The first-order valence-electron chi connectivity index (χ1n) is 6.39. The summed E-state index contributed by atoms with van der Waals surface area (Å²) < 4.78 is 7.11. The van der Waals surface area contributed by atoms with Crippen LogP contribution in [0.15, 0.2) is 24.4 Å². The third-order valence-electron chi connectivity index (χ3n) is 2.81. The van der Waals surface area contributed by atoms with Crippen molar-refractivity contribution < 1.29 is 4.74 Å². The van der Waals surface area contributed by atoms with Crippen LogP contribution in [0.1, 0.15) is 25.1 Å². The minimum absolute atomic E-state index is 0.429. The predicted molar refractivity (Wildman–Crippen MR) is 74.6 cm³/mol. The lowest BCUT2D eigenvalue weighted by molar-refractivity contribution is 0.411. The molecule has 0 fully saturated rings. The zero-order valence-corrected chi connectivity index (χ0v) is 11.8. The maximum Gasteiger partial charge on any atom is 0.144 e. The van der Waals surface area contributed by atoms with E-state index in [-0.39, 0.29) is 0 Å². The lowest BCUT2D eigenvalue weighted by Crippen LogP contribution is -2.21. The Morgan fingerprint density at radius 3 is 2.84 bits per heavy atom. The van der Waals surface area contributed by atoms with Gasteiger partial charge in [-0.3, -0.25) is 0 Å². The topological polar surface area (TPSA) is 52.0 Å². The largest absolute Gasteiger partial charge is 0.494 e. The third-order valence-corrected chi connectivity index (χ3v) is 2.81. The molecule has 0 aliphatic rings. The molecule has 0 radical (unpaired) electrons. The molecular formula is C14H20N4O. The summed E-state index contributed by atoms with van der Waals surface area (Å²) in [6.45, 7) is 6.97. The number of nitrogens with zero attached hydrogens (tertiary/aromatic N) is 3. The number of benzene rings is 1. The molecule has 1 N–H and O–H groups in total. The number of methoxy groups -OCH3 is 1. The van der Waals surface area contributed by atoms with Crippen LogP contribution in [0.25, 0.3) is 5.69 Å². The van der Waals surface area contributed by atoms with E-state index >= 15 is 0 Å². The van der Waals surface area contributed by atoms with Gasteiger partial charge in [-0.2, -0.15) is 0 Å². The molecule has 0 bridgehead atoms. The van der Waals surface area contributed by atoms with Gasteiger partial charge in [0.15, 0.2) is 0 Å². The van der Waals surface area contributed by atoms with E-state index in [1.807, 2.05) is 31.3 Å². The Bertz CT molecular complexity index is 548. The smallest absolute Gasteiger partial charge is 0.144 e. The molecule has 102 valence electrons. The van der Waals surface area contributed by atoms with E-state index in [2.05, 4.69) is 29.5 Å². The van der Waals surface area contributed by atoms with Gasteiger partial charge in [-0.1, -0.05) is 25.1 Å². The first-order chi connectivity index (χ1) is 9.10. The fraction of sp³-hybridized carbons (Fsp3) is 0.429. The van der Waals surface area contributed by atoms with Crippen molar-refractivity contribution in [3.8, 4) is 11.4 Å². The second kappa shape index (κ2) is 5.84. The minimum Gasteiger partial charge on any atom is -0.494 e. The highest BCUT2D eigenvalue weighted by atomic mass is 16.5. The minimum atomic E-state index is 0.429. The molecule has 1 heterocycles. The monoisotopic (exact) mass is 260 g/mol. The summed E-state index contributed by atoms with van der Waals surface area (Å²) in [5, 5.41) is 11.6. The SMILES string of the molecule is COc1ccc(C)cc1-n1cc(CNC(C)C)nn1. The number of hydrogen-bond acceptors (Lipinski definition) is 4. The van der Waals surface area contributed by atoms with Gasteiger partial charge in [-0.05, 0) is 24.6 Å². The molecule has 1 aromatic heterocycles. The summed E-state index contributed by atoms with van der Waals surface area (Å²) >= 11 is 0. The van der Waals surface area contributed by atoms with Crippen molar-refractivity contribution >= 4 is 0 Å². The zero-order chi connectivity index (χ0) is 13.8. The number of hydrogen-bond donors (Lipinski definition) is 1. The van der Waals surface area contributed by atoms with Gasteiger partial charge in [0, 0.05) is 12.6 Å². The van der Waals surface area contributed by atoms with E-state index in [1.165, 1.54) is 0 Å². The molecular weight excluding hydrogens is 240 g/mol. The van der Waals surface area contributed by atoms with E-state index in [4.69, 9.17) is 4.74 Å². The highest BCUT2D eigenvalue weighted by Crippen LogP contribution is 2.23. The van der Waals surface area contributed by atoms with Gasteiger partial charge in [-0.15, -0.1) is 5.10 Å². The van der Waals surface area contributed by atoms with Crippen molar-refractivity contribution in [2.75, 3.05) is 7.11 Å². The lowest BCUT2D eigenvalue weighted by Gasteiger charge is -2.08. The highest BCUT2D eigenvalue weighted by molar-refractivity contribution is 5.48. The molecule has 0 saturated heterocycles. The molecule has 0 saturated carbocycles. The van der Waals surface area contributed by atoms with Gasteiger partial charge in [0.2, 0.25) is 0 Å². The van der Waals surface area contributed by atoms with Gasteiger partial charge in [0.1, 0.15) is 11.4 Å². The van der Waals surface area contributed by atoms with Crippen LogP contribution >= 0.6 is 0 Å². The number of aromatic nitrogens is 3. The van der Waals surface area contributed by atoms with Gasteiger partial charge < -0.3 is 10.1 Å². The summed E-state index contributed by atoms with van der Waals surface area (Å²) in [5.41, 5.74) is 2.98. The van der Waals surface area contributed by atoms with E-state index in [1.54, 1.807) is 11.8 Å². The predicted octanol–water partition coefficient (Wildman–Crippen LogP) is 2.08. The van der Waals surface area contributed by atoms with Crippen LogP contribution in [0, 0.1) is 6.92 Å².